The fraction of sp³-hybridized carbons (Fsp3) is 0.182. The highest BCUT2D eigenvalue weighted by molar-refractivity contribution is 7.16. The largest absolute Gasteiger partial charge is 0.485 e. The Morgan fingerprint density at radius 1 is 1.25 bits per heavy atom. The number of thiophene rings is 2. The Balaban J connectivity index is 2.13. The molecule has 0 saturated carbocycles. The summed E-state index contributed by atoms with van der Waals surface area (Å²) in [5.41, 5.74) is 0.941. The number of aldehydes is 1. The molecule has 1 aliphatic heterocycles. The highest BCUT2D eigenvalue weighted by Crippen LogP contribution is 2.46. The third-order valence-electron chi connectivity index (χ3n) is 2.35. The van der Waals surface area contributed by atoms with Crippen molar-refractivity contribution in [2.75, 3.05) is 13.2 Å². The maximum absolute atomic E-state index is 10.9. The summed E-state index contributed by atoms with van der Waals surface area (Å²) in [6.07, 6.45) is 0.885. The smallest absolute Gasteiger partial charge is 0.180 e. The molecule has 0 fully saturated rings. The van der Waals surface area contributed by atoms with E-state index in [2.05, 4.69) is 0 Å². The Kier molecular flexibility index (Phi) is 2.41. The average Bonchev–Trinajstić information content (AvgIpc) is 2.94. The van der Waals surface area contributed by atoms with Crippen molar-refractivity contribution < 1.29 is 14.3 Å². The summed E-state index contributed by atoms with van der Waals surface area (Å²) in [5, 5.41) is 3.84. The molecule has 0 bridgehead atoms. The Morgan fingerprint density at radius 2 is 2.12 bits per heavy atom. The molecular weight excluding hydrogens is 244 g/mol. The number of hydrogen-bond acceptors (Lipinski definition) is 5. The van der Waals surface area contributed by atoms with Crippen molar-refractivity contribution in [3.05, 3.63) is 21.7 Å². The quantitative estimate of drug-likeness (QED) is 0.771. The molecule has 5 heteroatoms. The zero-order chi connectivity index (χ0) is 11.0. The van der Waals surface area contributed by atoms with E-state index in [1.807, 2.05) is 16.8 Å². The van der Waals surface area contributed by atoms with E-state index in [0.717, 1.165) is 33.1 Å². The standard InChI is InChI=1S/C11H8O3S2/c12-5-9-7(1-4-15-9)11-10-8(6-16-11)13-2-3-14-10/h1,4-6H,2-3H2. The fourth-order valence-corrected chi connectivity index (χ4v) is 3.39. The summed E-state index contributed by atoms with van der Waals surface area (Å²) >= 11 is 2.99. The van der Waals surface area contributed by atoms with Gasteiger partial charge in [0.1, 0.15) is 13.2 Å². The maximum Gasteiger partial charge on any atom is 0.180 e. The van der Waals surface area contributed by atoms with Gasteiger partial charge in [-0.1, -0.05) is 0 Å². The topological polar surface area (TPSA) is 35.5 Å². The van der Waals surface area contributed by atoms with Gasteiger partial charge in [0.2, 0.25) is 0 Å². The molecule has 0 amide bonds. The summed E-state index contributed by atoms with van der Waals surface area (Å²) < 4.78 is 11.1. The number of ether oxygens (including phenoxy) is 2. The van der Waals surface area contributed by atoms with Crippen molar-refractivity contribution in [3.8, 4) is 21.9 Å². The average molecular weight is 252 g/mol. The van der Waals surface area contributed by atoms with E-state index in [1.54, 1.807) is 11.3 Å². The molecule has 1 aliphatic rings. The van der Waals surface area contributed by atoms with Crippen molar-refractivity contribution in [2.24, 2.45) is 0 Å². The minimum Gasteiger partial charge on any atom is -0.485 e. The second-order valence-corrected chi connectivity index (χ2v) is 5.10. The molecule has 0 aliphatic carbocycles. The first kappa shape index (κ1) is 9.86. The van der Waals surface area contributed by atoms with Crippen LogP contribution in [0.5, 0.6) is 11.5 Å². The van der Waals surface area contributed by atoms with Crippen LogP contribution in [-0.2, 0) is 0 Å². The van der Waals surface area contributed by atoms with Gasteiger partial charge in [-0.3, -0.25) is 4.79 Å². The van der Waals surface area contributed by atoms with E-state index in [0.29, 0.717) is 13.2 Å². The number of fused-ring (bicyclic) bond motifs is 1. The first-order chi connectivity index (χ1) is 7.90. The molecule has 2 aromatic heterocycles. The van der Waals surface area contributed by atoms with Crippen LogP contribution >= 0.6 is 22.7 Å². The van der Waals surface area contributed by atoms with Crippen LogP contribution < -0.4 is 9.47 Å². The van der Waals surface area contributed by atoms with Gasteiger partial charge in [-0.25, -0.2) is 0 Å². The van der Waals surface area contributed by atoms with E-state index < -0.39 is 0 Å². The molecule has 0 spiro atoms. The summed E-state index contributed by atoms with van der Waals surface area (Å²) in [5.74, 6) is 1.56. The highest BCUT2D eigenvalue weighted by atomic mass is 32.1. The molecule has 2 aromatic rings. The lowest BCUT2D eigenvalue weighted by molar-refractivity contribution is 0.112. The number of hydrogen-bond donors (Lipinski definition) is 0. The first-order valence-electron chi connectivity index (χ1n) is 4.80. The summed E-state index contributed by atoms with van der Waals surface area (Å²) in [6, 6.07) is 1.94. The first-order valence-corrected chi connectivity index (χ1v) is 6.56. The van der Waals surface area contributed by atoms with Crippen molar-refractivity contribution in [1.82, 2.24) is 0 Å². The third-order valence-corrected chi connectivity index (χ3v) is 4.16. The minimum atomic E-state index is 0.567. The normalized spacial score (nSPS) is 13.8. The molecule has 0 radical (unpaired) electrons. The van der Waals surface area contributed by atoms with Gasteiger partial charge in [-0.15, -0.1) is 22.7 Å². The number of carbonyl (C=O) groups excluding carboxylic acids is 1. The third kappa shape index (κ3) is 1.44. The molecule has 0 atom stereocenters. The van der Waals surface area contributed by atoms with Crippen molar-refractivity contribution in [3.63, 3.8) is 0 Å². The van der Waals surface area contributed by atoms with Gasteiger partial charge < -0.3 is 9.47 Å². The Morgan fingerprint density at radius 3 is 3.00 bits per heavy atom. The van der Waals surface area contributed by atoms with Crippen LogP contribution in [0.3, 0.4) is 0 Å². The van der Waals surface area contributed by atoms with Gasteiger partial charge in [0, 0.05) is 10.9 Å². The van der Waals surface area contributed by atoms with Gasteiger partial charge in [-0.05, 0) is 11.4 Å². The van der Waals surface area contributed by atoms with Crippen molar-refractivity contribution >= 4 is 29.0 Å². The maximum atomic E-state index is 10.9. The lowest BCUT2D eigenvalue weighted by Gasteiger charge is -2.15. The van der Waals surface area contributed by atoms with E-state index in [4.69, 9.17) is 9.47 Å². The van der Waals surface area contributed by atoms with E-state index >= 15 is 0 Å². The Hall–Kier alpha value is -1.33. The zero-order valence-corrected chi connectivity index (χ0v) is 9.90. The van der Waals surface area contributed by atoms with Crippen LogP contribution in [0.2, 0.25) is 0 Å². The molecule has 0 unspecified atom stereocenters. The van der Waals surface area contributed by atoms with Gasteiger partial charge in [0.05, 0.1) is 9.75 Å². The van der Waals surface area contributed by atoms with Crippen LogP contribution in [-0.4, -0.2) is 19.5 Å². The summed E-state index contributed by atoms with van der Waals surface area (Å²) in [6.45, 7) is 1.16. The molecule has 0 aromatic carbocycles. The van der Waals surface area contributed by atoms with Gasteiger partial charge in [0.25, 0.3) is 0 Å². The predicted molar refractivity (Wildman–Crippen MR) is 64.0 cm³/mol. The monoisotopic (exact) mass is 252 g/mol. The molecule has 16 heavy (non-hydrogen) atoms. The van der Waals surface area contributed by atoms with E-state index in [-0.39, 0.29) is 0 Å². The zero-order valence-electron chi connectivity index (χ0n) is 8.26. The molecule has 3 nitrogen and oxygen atoms in total. The van der Waals surface area contributed by atoms with Crippen LogP contribution in [0.1, 0.15) is 9.67 Å². The minimum absolute atomic E-state index is 0.567. The van der Waals surface area contributed by atoms with E-state index in [1.165, 1.54) is 11.3 Å². The van der Waals surface area contributed by atoms with Gasteiger partial charge >= 0.3 is 0 Å². The Bertz CT molecular complexity index is 527. The summed E-state index contributed by atoms with van der Waals surface area (Å²) in [4.78, 5) is 12.6. The predicted octanol–water partition coefficient (Wildman–Crippen LogP) is 3.06. The van der Waals surface area contributed by atoms with Gasteiger partial charge in [0.15, 0.2) is 17.8 Å². The molecule has 0 N–H and O–H groups in total. The lowest BCUT2D eigenvalue weighted by Crippen LogP contribution is -2.14. The number of rotatable bonds is 2. The SMILES string of the molecule is O=Cc1sccc1-c1scc2c1OCCO2. The highest BCUT2D eigenvalue weighted by Gasteiger charge is 2.21. The van der Waals surface area contributed by atoms with Crippen LogP contribution in [0.25, 0.3) is 10.4 Å². The van der Waals surface area contributed by atoms with Gasteiger partial charge in [-0.2, -0.15) is 0 Å². The van der Waals surface area contributed by atoms with Crippen molar-refractivity contribution in [2.45, 2.75) is 0 Å². The second kappa shape index (κ2) is 3.92. The lowest BCUT2D eigenvalue weighted by atomic mass is 10.2. The van der Waals surface area contributed by atoms with E-state index in [9.17, 15) is 4.79 Å². The fourth-order valence-electron chi connectivity index (χ4n) is 1.65. The molecule has 0 saturated heterocycles. The molecule has 82 valence electrons. The van der Waals surface area contributed by atoms with Crippen LogP contribution in [0.4, 0.5) is 0 Å². The molecule has 3 heterocycles. The second-order valence-electron chi connectivity index (χ2n) is 3.27. The van der Waals surface area contributed by atoms with Crippen molar-refractivity contribution in [1.29, 1.82) is 0 Å². The Labute approximate surface area is 100 Å². The van der Waals surface area contributed by atoms with Crippen LogP contribution in [0.15, 0.2) is 16.8 Å². The molecular formula is C11H8O3S2. The number of carbonyl (C=O) groups is 1. The molecule has 3 rings (SSSR count). The van der Waals surface area contributed by atoms with Crippen LogP contribution in [0, 0.1) is 0 Å². The summed E-state index contributed by atoms with van der Waals surface area (Å²) in [7, 11) is 0.